The number of imidazole rings is 1. The second kappa shape index (κ2) is 4.60. The molecule has 1 aromatic rings. The Balaban J connectivity index is 2.29. The van der Waals surface area contributed by atoms with Crippen LogP contribution >= 0.6 is 0 Å². The van der Waals surface area contributed by atoms with Crippen LogP contribution in [0.15, 0.2) is 30.9 Å². The quantitative estimate of drug-likeness (QED) is 0.397. The van der Waals surface area contributed by atoms with Crippen molar-refractivity contribution in [2.75, 3.05) is 6.61 Å². The summed E-state index contributed by atoms with van der Waals surface area (Å²) in [5.74, 6) is -0.332. The molecule has 4 heteroatoms. The molecular formula is C10H15N2O2+. The molecule has 0 aliphatic rings. The van der Waals surface area contributed by atoms with E-state index in [2.05, 4.69) is 6.58 Å². The Bertz CT molecular complexity index is 342. The first-order chi connectivity index (χ1) is 6.59. The van der Waals surface area contributed by atoms with E-state index in [0.717, 1.165) is 0 Å². The summed E-state index contributed by atoms with van der Waals surface area (Å²) < 4.78 is 8.83. The molecule has 0 spiro atoms. The summed E-state index contributed by atoms with van der Waals surface area (Å²) in [6.07, 6.45) is 5.78. The minimum absolute atomic E-state index is 0.332. The number of hydrogen-bond acceptors (Lipinski definition) is 2. The van der Waals surface area contributed by atoms with Gasteiger partial charge in [0, 0.05) is 5.57 Å². The monoisotopic (exact) mass is 195 g/mol. The minimum atomic E-state index is -0.332. The van der Waals surface area contributed by atoms with E-state index in [1.807, 2.05) is 34.9 Å². The predicted octanol–water partition coefficient (Wildman–Crippen LogP) is 0.432. The lowest BCUT2D eigenvalue weighted by atomic mass is 10.4. The van der Waals surface area contributed by atoms with E-state index >= 15 is 0 Å². The maximum atomic E-state index is 11.0. The van der Waals surface area contributed by atoms with Crippen molar-refractivity contribution in [1.29, 1.82) is 0 Å². The lowest BCUT2D eigenvalue weighted by molar-refractivity contribution is -0.671. The van der Waals surface area contributed by atoms with Crippen molar-refractivity contribution in [1.82, 2.24) is 4.57 Å². The van der Waals surface area contributed by atoms with E-state index in [1.165, 1.54) is 0 Å². The van der Waals surface area contributed by atoms with Crippen molar-refractivity contribution in [3.05, 3.63) is 30.9 Å². The summed E-state index contributed by atoms with van der Waals surface area (Å²) in [4.78, 5) is 11.0. The van der Waals surface area contributed by atoms with Gasteiger partial charge in [0.25, 0.3) is 0 Å². The van der Waals surface area contributed by atoms with Gasteiger partial charge in [-0.15, -0.1) is 0 Å². The van der Waals surface area contributed by atoms with Crippen molar-refractivity contribution < 1.29 is 14.1 Å². The topological polar surface area (TPSA) is 35.1 Å². The first kappa shape index (κ1) is 10.5. The van der Waals surface area contributed by atoms with Crippen molar-refractivity contribution >= 4 is 5.97 Å². The summed E-state index contributed by atoms with van der Waals surface area (Å²) in [6, 6.07) is 0. The van der Waals surface area contributed by atoms with Crippen LogP contribution in [0.2, 0.25) is 0 Å². The number of hydrogen-bond donors (Lipinski definition) is 0. The number of aryl methyl sites for hydroxylation is 1. The molecule has 0 amide bonds. The molecule has 1 rings (SSSR count). The van der Waals surface area contributed by atoms with Crippen molar-refractivity contribution in [2.45, 2.75) is 13.5 Å². The summed E-state index contributed by atoms with van der Waals surface area (Å²) in [5, 5.41) is 0. The zero-order valence-electron chi connectivity index (χ0n) is 8.56. The Morgan fingerprint density at radius 2 is 2.36 bits per heavy atom. The molecule has 0 saturated carbocycles. The highest BCUT2D eigenvalue weighted by atomic mass is 16.5. The van der Waals surface area contributed by atoms with E-state index in [9.17, 15) is 4.79 Å². The van der Waals surface area contributed by atoms with Gasteiger partial charge in [-0.25, -0.2) is 13.9 Å². The van der Waals surface area contributed by atoms with Gasteiger partial charge in [-0.05, 0) is 6.92 Å². The number of carbonyl (C=O) groups excluding carboxylic acids is 1. The van der Waals surface area contributed by atoms with E-state index < -0.39 is 0 Å². The molecule has 0 aliphatic heterocycles. The van der Waals surface area contributed by atoms with E-state index in [-0.39, 0.29) is 5.97 Å². The molecule has 0 aliphatic carbocycles. The average molecular weight is 195 g/mol. The van der Waals surface area contributed by atoms with Gasteiger partial charge in [0.05, 0.1) is 7.05 Å². The Kier molecular flexibility index (Phi) is 3.45. The van der Waals surface area contributed by atoms with E-state index in [0.29, 0.717) is 18.7 Å². The van der Waals surface area contributed by atoms with E-state index in [4.69, 9.17) is 4.74 Å². The molecule has 1 heterocycles. The number of rotatable bonds is 4. The Morgan fingerprint density at radius 1 is 1.64 bits per heavy atom. The van der Waals surface area contributed by atoms with Crippen LogP contribution in [0.1, 0.15) is 6.92 Å². The largest absolute Gasteiger partial charge is 0.458 e. The van der Waals surface area contributed by atoms with Gasteiger partial charge in [0.1, 0.15) is 25.5 Å². The Labute approximate surface area is 83.4 Å². The van der Waals surface area contributed by atoms with Crippen LogP contribution in [-0.2, 0) is 23.1 Å². The fourth-order valence-electron chi connectivity index (χ4n) is 1.00. The zero-order chi connectivity index (χ0) is 10.6. The molecule has 4 nitrogen and oxygen atoms in total. The molecule has 0 bridgehead atoms. The van der Waals surface area contributed by atoms with Gasteiger partial charge in [-0.1, -0.05) is 6.58 Å². The third kappa shape index (κ3) is 3.05. The van der Waals surface area contributed by atoms with Gasteiger partial charge in [-0.2, -0.15) is 0 Å². The molecule has 14 heavy (non-hydrogen) atoms. The van der Waals surface area contributed by atoms with Gasteiger partial charge in [0.2, 0.25) is 6.33 Å². The fraction of sp³-hybridized carbons (Fsp3) is 0.400. The number of esters is 1. The number of carbonyl (C=O) groups is 1. The third-order valence-electron chi connectivity index (χ3n) is 1.75. The second-order valence-electron chi connectivity index (χ2n) is 3.23. The highest BCUT2D eigenvalue weighted by Gasteiger charge is 2.04. The van der Waals surface area contributed by atoms with Crippen LogP contribution in [0.5, 0.6) is 0 Å². The van der Waals surface area contributed by atoms with Gasteiger partial charge >= 0.3 is 5.97 Å². The van der Waals surface area contributed by atoms with Crippen LogP contribution in [0, 0.1) is 0 Å². The Morgan fingerprint density at radius 3 is 2.86 bits per heavy atom. The summed E-state index contributed by atoms with van der Waals surface area (Å²) in [6.45, 7) is 6.18. The van der Waals surface area contributed by atoms with Crippen LogP contribution in [0.25, 0.3) is 0 Å². The summed E-state index contributed by atoms with van der Waals surface area (Å²) in [5.41, 5.74) is 0.433. The lowest BCUT2D eigenvalue weighted by Crippen LogP contribution is -2.24. The SMILES string of the molecule is C=C(C)C(=O)OCCn1cc[n+](C)c1. The van der Waals surface area contributed by atoms with Crippen LogP contribution in [0.4, 0.5) is 0 Å². The molecule has 76 valence electrons. The number of ether oxygens (including phenoxy) is 1. The highest BCUT2D eigenvalue weighted by molar-refractivity contribution is 5.86. The molecule has 0 aromatic carbocycles. The first-order valence-corrected chi connectivity index (χ1v) is 4.43. The second-order valence-corrected chi connectivity index (χ2v) is 3.23. The highest BCUT2D eigenvalue weighted by Crippen LogP contribution is 1.92. The Hall–Kier alpha value is -1.58. The van der Waals surface area contributed by atoms with E-state index in [1.54, 1.807) is 6.92 Å². The van der Waals surface area contributed by atoms with Crippen LogP contribution in [0.3, 0.4) is 0 Å². The molecule has 0 N–H and O–H groups in total. The smallest absolute Gasteiger partial charge is 0.333 e. The lowest BCUT2D eigenvalue weighted by Gasteiger charge is -2.01. The standard InChI is InChI=1S/C10H15N2O2/c1-9(2)10(13)14-7-6-12-5-4-11(3)8-12/h4-5,8H,1,6-7H2,2-3H3/q+1. The van der Waals surface area contributed by atoms with Gasteiger partial charge < -0.3 is 4.74 Å². The van der Waals surface area contributed by atoms with Crippen LogP contribution in [-0.4, -0.2) is 17.1 Å². The normalized spacial score (nSPS) is 9.86. The van der Waals surface area contributed by atoms with Crippen molar-refractivity contribution in [3.8, 4) is 0 Å². The molecule has 0 unspecified atom stereocenters. The number of nitrogens with zero attached hydrogens (tertiary/aromatic N) is 2. The molecular weight excluding hydrogens is 180 g/mol. The molecule has 1 aromatic heterocycles. The molecule has 0 radical (unpaired) electrons. The third-order valence-corrected chi connectivity index (χ3v) is 1.75. The maximum absolute atomic E-state index is 11.0. The summed E-state index contributed by atoms with van der Waals surface area (Å²) in [7, 11) is 1.94. The van der Waals surface area contributed by atoms with Crippen LogP contribution < -0.4 is 4.57 Å². The predicted molar refractivity (Wildman–Crippen MR) is 51.4 cm³/mol. The number of aromatic nitrogens is 2. The summed E-state index contributed by atoms with van der Waals surface area (Å²) >= 11 is 0. The molecule has 0 atom stereocenters. The average Bonchev–Trinajstić information content (AvgIpc) is 2.51. The molecule has 0 saturated heterocycles. The fourth-order valence-corrected chi connectivity index (χ4v) is 1.00. The molecule has 0 fully saturated rings. The van der Waals surface area contributed by atoms with Crippen molar-refractivity contribution in [2.24, 2.45) is 7.05 Å². The first-order valence-electron chi connectivity index (χ1n) is 4.43. The zero-order valence-corrected chi connectivity index (χ0v) is 8.56. The minimum Gasteiger partial charge on any atom is -0.458 e. The van der Waals surface area contributed by atoms with Gasteiger partial charge in [-0.3, -0.25) is 0 Å². The van der Waals surface area contributed by atoms with Crippen molar-refractivity contribution in [3.63, 3.8) is 0 Å². The van der Waals surface area contributed by atoms with Gasteiger partial charge in [0.15, 0.2) is 0 Å². The maximum Gasteiger partial charge on any atom is 0.333 e.